The highest BCUT2D eigenvalue weighted by atomic mass is 79.9. The van der Waals surface area contributed by atoms with E-state index in [4.69, 9.17) is 5.73 Å². The van der Waals surface area contributed by atoms with Gasteiger partial charge in [-0.3, -0.25) is 0 Å². The van der Waals surface area contributed by atoms with E-state index in [1.54, 1.807) is 0 Å². The van der Waals surface area contributed by atoms with Crippen molar-refractivity contribution in [2.75, 3.05) is 5.33 Å². The third-order valence-electron chi connectivity index (χ3n) is 1.61. The zero-order valence-electron chi connectivity index (χ0n) is 5.74. The second-order valence-electron chi connectivity index (χ2n) is 2.79. The molecule has 0 aromatic rings. The molecule has 0 spiro atoms. The van der Waals surface area contributed by atoms with Gasteiger partial charge in [-0.05, 0) is 12.8 Å². The van der Waals surface area contributed by atoms with Gasteiger partial charge in [0.25, 0.3) is 0 Å². The summed E-state index contributed by atoms with van der Waals surface area (Å²) in [7, 11) is 0. The number of alkyl halides is 1. The lowest BCUT2D eigenvalue weighted by atomic mass is 9.92. The van der Waals surface area contributed by atoms with Crippen LogP contribution in [0.25, 0.3) is 0 Å². The highest BCUT2D eigenvalue weighted by Gasteiger charge is 2.20. The molecule has 0 saturated carbocycles. The Labute approximate surface area is 59.8 Å². The summed E-state index contributed by atoms with van der Waals surface area (Å²) in [5.74, 6) is 0.543. The molecule has 0 heterocycles. The third kappa shape index (κ3) is 2.14. The SMILES string of the molecule is CC(C)C(C)(N)CBr. The fraction of sp³-hybridized carbons (Fsp3) is 1.00. The molecule has 0 amide bonds. The fourth-order valence-corrected chi connectivity index (χ4v) is 0.802. The fourth-order valence-electron chi connectivity index (χ4n) is 0.154. The first-order valence-electron chi connectivity index (χ1n) is 2.85. The summed E-state index contributed by atoms with van der Waals surface area (Å²) in [5.41, 5.74) is 5.77. The Balaban J connectivity index is 3.71. The molecule has 2 heteroatoms. The minimum Gasteiger partial charge on any atom is -0.324 e. The Morgan fingerprint density at radius 1 is 1.62 bits per heavy atom. The van der Waals surface area contributed by atoms with Gasteiger partial charge in [0, 0.05) is 10.9 Å². The zero-order valence-corrected chi connectivity index (χ0v) is 7.33. The van der Waals surface area contributed by atoms with Crippen LogP contribution >= 0.6 is 15.9 Å². The van der Waals surface area contributed by atoms with Crippen molar-refractivity contribution in [1.82, 2.24) is 0 Å². The molecule has 0 bridgehead atoms. The Morgan fingerprint density at radius 2 is 2.00 bits per heavy atom. The Morgan fingerprint density at radius 3 is 2.00 bits per heavy atom. The van der Waals surface area contributed by atoms with Crippen LogP contribution in [0.5, 0.6) is 0 Å². The number of hydrogen-bond donors (Lipinski definition) is 1. The van der Waals surface area contributed by atoms with Crippen molar-refractivity contribution in [1.29, 1.82) is 0 Å². The Kier molecular flexibility index (Phi) is 2.99. The van der Waals surface area contributed by atoms with E-state index >= 15 is 0 Å². The number of halogens is 1. The van der Waals surface area contributed by atoms with Gasteiger partial charge < -0.3 is 5.73 Å². The first-order valence-corrected chi connectivity index (χ1v) is 3.97. The van der Waals surface area contributed by atoms with E-state index in [0.29, 0.717) is 5.92 Å². The van der Waals surface area contributed by atoms with Crippen molar-refractivity contribution in [3.05, 3.63) is 0 Å². The van der Waals surface area contributed by atoms with Crippen LogP contribution in [0, 0.1) is 5.92 Å². The standard InChI is InChI=1S/C6H14BrN/c1-5(2)6(3,8)4-7/h5H,4,8H2,1-3H3. The molecule has 0 rings (SSSR count). The lowest BCUT2D eigenvalue weighted by Crippen LogP contribution is -2.43. The van der Waals surface area contributed by atoms with Crippen molar-refractivity contribution < 1.29 is 0 Å². The third-order valence-corrected chi connectivity index (χ3v) is 2.82. The van der Waals surface area contributed by atoms with E-state index in [2.05, 4.69) is 29.8 Å². The van der Waals surface area contributed by atoms with Crippen LogP contribution in [0.1, 0.15) is 20.8 Å². The molecule has 1 nitrogen and oxygen atoms in total. The Hall–Kier alpha value is 0.440. The Bertz CT molecular complexity index is 68.9. The summed E-state index contributed by atoms with van der Waals surface area (Å²) in [6.07, 6.45) is 0. The number of nitrogens with two attached hydrogens (primary N) is 1. The highest BCUT2D eigenvalue weighted by molar-refractivity contribution is 9.09. The topological polar surface area (TPSA) is 26.0 Å². The molecule has 0 aromatic heterocycles. The van der Waals surface area contributed by atoms with Gasteiger partial charge in [0.1, 0.15) is 0 Å². The molecule has 8 heavy (non-hydrogen) atoms. The molecule has 2 N–H and O–H groups in total. The average molecular weight is 180 g/mol. The first-order chi connectivity index (χ1) is 3.50. The summed E-state index contributed by atoms with van der Waals surface area (Å²) in [5, 5.41) is 0.873. The van der Waals surface area contributed by atoms with Crippen molar-refractivity contribution in [2.24, 2.45) is 11.7 Å². The van der Waals surface area contributed by atoms with Gasteiger partial charge in [0.15, 0.2) is 0 Å². The predicted molar refractivity (Wildman–Crippen MR) is 41.2 cm³/mol. The van der Waals surface area contributed by atoms with Gasteiger partial charge in [0.05, 0.1) is 0 Å². The first kappa shape index (κ1) is 8.44. The quantitative estimate of drug-likeness (QED) is 0.643. The molecule has 50 valence electrons. The molecular formula is C6H14BrN. The van der Waals surface area contributed by atoms with Gasteiger partial charge in [-0.1, -0.05) is 29.8 Å². The average Bonchev–Trinajstić information content (AvgIpc) is 1.67. The predicted octanol–water partition coefficient (Wildman–Crippen LogP) is 1.75. The van der Waals surface area contributed by atoms with Crippen molar-refractivity contribution in [2.45, 2.75) is 26.3 Å². The van der Waals surface area contributed by atoms with Crippen LogP contribution in [0.15, 0.2) is 0 Å². The molecule has 1 unspecified atom stereocenters. The minimum absolute atomic E-state index is 0.0417. The molecule has 0 aliphatic rings. The maximum atomic E-state index is 5.81. The van der Waals surface area contributed by atoms with Crippen LogP contribution in [0.4, 0.5) is 0 Å². The van der Waals surface area contributed by atoms with Gasteiger partial charge in [-0.15, -0.1) is 0 Å². The summed E-state index contributed by atoms with van der Waals surface area (Å²) in [6.45, 7) is 6.30. The molecule has 0 saturated heterocycles. The number of hydrogen-bond acceptors (Lipinski definition) is 1. The van der Waals surface area contributed by atoms with Crippen LogP contribution in [0.2, 0.25) is 0 Å². The van der Waals surface area contributed by atoms with Gasteiger partial charge in [0.2, 0.25) is 0 Å². The molecule has 1 atom stereocenters. The summed E-state index contributed by atoms with van der Waals surface area (Å²) < 4.78 is 0. The molecule has 0 aromatic carbocycles. The molecule has 0 radical (unpaired) electrons. The number of rotatable bonds is 2. The van der Waals surface area contributed by atoms with Crippen molar-refractivity contribution >= 4 is 15.9 Å². The smallest absolute Gasteiger partial charge is 0.0247 e. The van der Waals surface area contributed by atoms with Gasteiger partial charge in [-0.2, -0.15) is 0 Å². The van der Waals surface area contributed by atoms with E-state index in [-0.39, 0.29) is 5.54 Å². The van der Waals surface area contributed by atoms with Crippen LogP contribution in [0.3, 0.4) is 0 Å². The van der Waals surface area contributed by atoms with Gasteiger partial charge >= 0.3 is 0 Å². The minimum atomic E-state index is -0.0417. The van der Waals surface area contributed by atoms with Crippen molar-refractivity contribution in [3.8, 4) is 0 Å². The lowest BCUT2D eigenvalue weighted by molar-refractivity contribution is 0.383. The van der Waals surface area contributed by atoms with Gasteiger partial charge in [-0.25, -0.2) is 0 Å². The monoisotopic (exact) mass is 179 g/mol. The summed E-state index contributed by atoms with van der Waals surface area (Å²) in [4.78, 5) is 0. The van der Waals surface area contributed by atoms with E-state index < -0.39 is 0 Å². The lowest BCUT2D eigenvalue weighted by Gasteiger charge is -2.25. The second-order valence-corrected chi connectivity index (χ2v) is 3.35. The molecular weight excluding hydrogens is 166 g/mol. The molecule has 0 aliphatic heterocycles. The summed E-state index contributed by atoms with van der Waals surface area (Å²) >= 11 is 3.35. The molecule has 0 aliphatic carbocycles. The summed E-state index contributed by atoms with van der Waals surface area (Å²) in [6, 6.07) is 0. The van der Waals surface area contributed by atoms with E-state index in [0.717, 1.165) is 5.33 Å². The van der Waals surface area contributed by atoms with E-state index in [9.17, 15) is 0 Å². The van der Waals surface area contributed by atoms with E-state index in [1.807, 2.05) is 6.92 Å². The van der Waals surface area contributed by atoms with Crippen LogP contribution in [-0.2, 0) is 0 Å². The largest absolute Gasteiger partial charge is 0.324 e. The van der Waals surface area contributed by atoms with Crippen molar-refractivity contribution in [3.63, 3.8) is 0 Å². The normalized spacial score (nSPS) is 18.8. The van der Waals surface area contributed by atoms with Crippen LogP contribution in [-0.4, -0.2) is 10.9 Å². The van der Waals surface area contributed by atoms with Crippen LogP contribution < -0.4 is 5.73 Å². The zero-order chi connectivity index (χ0) is 6.78. The second kappa shape index (κ2) is 2.83. The highest BCUT2D eigenvalue weighted by Crippen LogP contribution is 2.14. The molecule has 0 fully saturated rings. The van der Waals surface area contributed by atoms with E-state index in [1.165, 1.54) is 0 Å². The maximum Gasteiger partial charge on any atom is 0.0247 e. The maximum absolute atomic E-state index is 5.81.